The van der Waals surface area contributed by atoms with Gasteiger partial charge in [-0.2, -0.15) is 0 Å². The smallest absolute Gasteiger partial charge is 0.307 e. The molecule has 19 heavy (non-hydrogen) atoms. The van der Waals surface area contributed by atoms with Crippen molar-refractivity contribution in [3.05, 3.63) is 12.2 Å². The summed E-state index contributed by atoms with van der Waals surface area (Å²) in [5.74, 6) is -2.36. The number of carboxylic acid groups (broad SMARTS) is 1. The first-order valence-corrected chi connectivity index (χ1v) is 6.65. The molecule has 1 amide bonds. The lowest BCUT2D eigenvalue weighted by atomic mass is 9.81. The molecule has 5 nitrogen and oxygen atoms in total. The molecule has 3 unspecified atom stereocenters. The van der Waals surface area contributed by atoms with E-state index in [1.165, 1.54) is 0 Å². The molecule has 1 fully saturated rings. The number of amides is 1. The van der Waals surface area contributed by atoms with Gasteiger partial charge >= 0.3 is 5.97 Å². The molecule has 2 aliphatic carbocycles. The summed E-state index contributed by atoms with van der Waals surface area (Å²) in [6.45, 7) is 5.07. The molecule has 0 aromatic carbocycles. The number of hydrogen-bond acceptors (Lipinski definition) is 3. The Balaban J connectivity index is 2.15. The molecule has 5 atom stereocenters. The molecule has 0 aromatic rings. The van der Waals surface area contributed by atoms with Gasteiger partial charge in [-0.1, -0.05) is 12.2 Å². The zero-order valence-electron chi connectivity index (χ0n) is 11.5. The van der Waals surface area contributed by atoms with Crippen molar-refractivity contribution in [3.8, 4) is 0 Å². The second-order valence-corrected chi connectivity index (χ2v) is 6.23. The first kappa shape index (κ1) is 14.1. The SMILES string of the molecule is CC(O)C(C)(C)NC(=O)[C@H]1C2C=CC(C2)[C@H]1C(=O)O. The van der Waals surface area contributed by atoms with E-state index in [4.69, 9.17) is 0 Å². The molecule has 0 saturated heterocycles. The number of aliphatic hydroxyl groups excluding tert-OH is 1. The molecule has 0 radical (unpaired) electrons. The molecule has 1 saturated carbocycles. The van der Waals surface area contributed by atoms with Crippen LogP contribution in [0.4, 0.5) is 0 Å². The lowest BCUT2D eigenvalue weighted by Gasteiger charge is -2.33. The van der Waals surface area contributed by atoms with Crippen molar-refractivity contribution in [2.24, 2.45) is 23.7 Å². The highest BCUT2D eigenvalue weighted by Crippen LogP contribution is 2.48. The van der Waals surface area contributed by atoms with Gasteiger partial charge in [0.15, 0.2) is 0 Å². The van der Waals surface area contributed by atoms with Gasteiger partial charge in [0, 0.05) is 0 Å². The number of aliphatic hydroxyl groups is 1. The number of aliphatic carboxylic acids is 1. The number of carbonyl (C=O) groups excluding carboxylic acids is 1. The molecular weight excluding hydrogens is 246 g/mol. The summed E-state index contributed by atoms with van der Waals surface area (Å²) in [5.41, 5.74) is -0.758. The quantitative estimate of drug-likeness (QED) is 0.657. The van der Waals surface area contributed by atoms with Crippen LogP contribution < -0.4 is 5.32 Å². The largest absolute Gasteiger partial charge is 0.481 e. The number of fused-ring (bicyclic) bond motifs is 2. The maximum atomic E-state index is 12.4. The average molecular weight is 267 g/mol. The van der Waals surface area contributed by atoms with Crippen LogP contribution in [-0.2, 0) is 9.59 Å². The van der Waals surface area contributed by atoms with Crippen molar-refractivity contribution >= 4 is 11.9 Å². The molecule has 5 heteroatoms. The van der Waals surface area contributed by atoms with Crippen molar-refractivity contribution < 1.29 is 19.8 Å². The Hall–Kier alpha value is -1.36. The predicted molar refractivity (Wildman–Crippen MR) is 69.3 cm³/mol. The van der Waals surface area contributed by atoms with Crippen LogP contribution in [0.5, 0.6) is 0 Å². The third-order valence-electron chi connectivity index (χ3n) is 4.54. The van der Waals surface area contributed by atoms with Crippen LogP contribution in [0.3, 0.4) is 0 Å². The average Bonchev–Trinajstić information content (AvgIpc) is 2.86. The molecule has 2 rings (SSSR count). The first-order chi connectivity index (χ1) is 8.74. The molecule has 0 aliphatic heterocycles. The van der Waals surface area contributed by atoms with E-state index >= 15 is 0 Å². The zero-order chi connectivity index (χ0) is 14.4. The fourth-order valence-corrected chi connectivity index (χ4v) is 3.02. The Morgan fingerprint density at radius 2 is 1.79 bits per heavy atom. The maximum Gasteiger partial charge on any atom is 0.307 e. The minimum absolute atomic E-state index is 0.0101. The van der Waals surface area contributed by atoms with Crippen LogP contribution in [0.2, 0.25) is 0 Å². The van der Waals surface area contributed by atoms with E-state index in [0.717, 1.165) is 6.42 Å². The molecular formula is C14H21NO4. The third kappa shape index (κ3) is 2.39. The van der Waals surface area contributed by atoms with Crippen LogP contribution in [-0.4, -0.2) is 33.7 Å². The third-order valence-corrected chi connectivity index (χ3v) is 4.54. The fourth-order valence-electron chi connectivity index (χ4n) is 3.02. The van der Waals surface area contributed by atoms with Crippen LogP contribution in [0.15, 0.2) is 12.2 Å². The number of allylic oxidation sites excluding steroid dienone is 2. The first-order valence-electron chi connectivity index (χ1n) is 6.65. The van der Waals surface area contributed by atoms with E-state index < -0.39 is 29.4 Å². The van der Waals surface area contributed by atoms with Gasteiger partial charge in [-0.3, -0.25) is 9.59 Å². The van der Waals surface area contributed by atoms with E-state index in [1.54, 1.807) is 20.8 Å². The van der Waals surface area contributed by atoms with E-state index in [9.17, 15) is 19.8 Å². The summed E-state index contributed by atoms with van der Waals surface area (Å²) in [4.78, 5) is 23.7. The molecule has 2 bridgehead atoms. The Bertz CT molecular complexity index is 427. The summed E-state index contributed by atoms with van der Waals surface area (Å²) < 4.78 is 0. The summed E-state index contributed by atoms with van der Waals surface area (Å²) in [6.07, 6.45) is 3.90. The number of rotatable bonds is 4. The summed E-state index contributed by atoms with van der Waals surface area (Å²) in [6, 6.07) is 0. The van der Waals surface area contributed by atoms with Gasteiger partial charge in [0.2, 0.25) is 5.91 Å². The summed E-state index contributed by atoms with van der Waals surface area (Å²) in [7, 11) is 0. The number of carboxylic acids is 1. The molecule has 106 valence electrons. The summed E-state index contributed by atoms with van der Waals surface area (Å²) >= 11 is 0. The minimum atomic E-state index is -0.910. The topological polar surface area (TPSA) is 86.6 Å². The van der Waals surface area contributed by atoms with E-state index in [-0.39, 0.29) is 17.7 Å². The molecule has 3 N–H and O–H groups in total. The molecule has 0 aromatic heterocycles. The van der Waals surface area contributed by atoms with Crippen molar-refractivity contribution in [1.29, 1.82) is 0 Å². The second kappa shape index (κ2) is 4.63. The highest BCUT2D eigenvalue weighted by molar-refractivity contribution is 5.87. The van der Waals surface area contributed by atoms with Crippen molar-refractivity contribution in [2.75, 3.05) is 0 Å². The summed E-state index contributed by atoms with van der Waals surface area (Å²) in [5, 5.41) is 21.7. The van der Waals surface area contributed by atoms with Gasteiger partial charge < -0.3 is 15.5 Å². The lowest BCUT2D eigenvalue weighted by Crippen LogP contribution is -2.54. The molecule has 0 spiro atoms. The van der Waals surface area contributed by atoms with Gasteiger partial charge in [0.25, 0.3) is 0 Å². The van der Waals surface area contributed by atoms with Gasteiger partial charge in [0.05, 0.1) is 23.5 Å². The highest BCUT2D eigenvalue weighted by atomic mass is 16.4. The van der Waals surface area contributed by atoms with Gasteiger partial charge in [-0.15, -0.1) is 0 Å². The van der Waals surface area contributed by atoms with Crippen molar-refractivity contribution in [2.45, 2.75) is 38.8 Å². The van der Waals surface area contributed by atoms with Crippen molar-refractivity contribution in [1.82, 2.24) is 5.32 Å². The normalized spacial score (nSPS) is 34.3. The van der Waals surface area contributed by atoms with E-state index in [1.807, 2.05) is 12.2 Å². The number of nitrogens with one attached hydrogen (secondary N) is 1. The van der Waals surface area contributed by atoms with Crippen LogP contribution in [0.1, 0.15) is 27.2 Å². The monoisotopic (exact) mass is 267 g/mol. The van der Waals surface area contributed by atoms with Gasteiger partial charge in [-0.05, 0) is 39.0 Å². The van der Waals surface area contributed by atoms with E-state index in [2.05, 4.69) is 5.32 Å². The number of hydrogen-bond donors (Lipinski definition) is 3. The fraction of sp³-hybridized carbons (Fsp3) is 0.714. The Morgan fingerprint density at radius 1 is 1.26 bits per heavy atom. The van der Waals surface area contributed by atoms with Crippen LogP contribution >= 0.6 is 0 Å². The van der Waals surface area contributed by atoms with Crippen LogP contribution in [0, 0.1) is 23.7 Å². The Morgan fingerprint density at radius 3 is 2.26 bits per heavy atom. The Labute approximate surface area is 112 Å². The van der Waals surface area contributed by atoms with Crippen LogP contribution in [0.25, 0.3) is 0 Å². The van der Waals surface area contributed by atoms with E-state index in [0.29, 0.717) is 0 Å². The second-order valence-electron chi connectivity index (χ2n) is 6.23. The molecule has 0 heterocycles. The Kier molecular flexibility index (Phi) is 3.43. The van der Waals surface area contributed by atoms with Crippen molar-refractivity contribution in [3.63, 3.8) is 0 Å². The van der Waals surface area contributed by atoms with Gasteiger partial charge in [-0.25, -0.2) is 0 Å². The van der Waals surface area contributed by atoms with Gasteiger partial charge in [0.1, 0.15) is 0 Å². The highest BCUT2D eigenvalue weighted by Gasteiger charge is 2.52. The molecule has 2 aliphatic rings. The standard InChI is InChI=1S/C14H21NO4/c1-7(16)14(2,3)15-12(17)10-8-4-5-9(6-8)11(10)13(18)19/h4-5,7-11,16H,6H2,1-3H3,(H,15,17)(H,18,19)/t7?,8?,9?,10-,11+/m0/s1. The number of carbonyl (C=O) groups is 2. The lowest BCUT2D eigenvalue weighted by molar-refractivity contribution is -0.148. The zero-order valence-corrected chi connectivity index (χ0v) is 11.5. The predicted octanol–water partition coefficient (Wildman–Crippen LogP) is 0.785. The maximum absolute atomic E-state index is 12.4. The minimum Gasteiger partial charge on any atom is -0.481 e.